The molecule has 2 rings (SSSR count). The lowest BCUT2D eigenvalue weighted by molar-refractivity contribution is 0.314. The van der Waals surface area contributed by atoms with Gasteiger partial charge < -0.3 is 10.6 Å². The molecule has 0 saturated carbocycles. The fourth-order valence-electron chi connectivity index (χ4n) is 1.75. The predicted molar refractivity (Wildman–Crippen MR) is 71.9 cm³/mol. The summed E-state index contributed by atoms with van der Waals surface area (Å²) >= 11 is 1.81. The SMILES string of the molecule is CN(CCCn1ccc(N)n1)Cc1cccs1. The summed E-state index contributed by atoms with van der Waals surface area (Å²) in [7, 11) is 2.15. The van der Waals surface area contributed by atoms with E-state index in [1.165, 1.54) is 4.88 Å². The van der Waals surface area contributed by atoms with E-state index in [2.05, 4.69) is 34.6 Å². The first-order chi connectivity index (χ1) is 8.24. The van der Waals surface area contributed by atoms with E-state index in [1.807, 2.05) is 28.3 Å². The van der Waals surface area contributed by atoms with Crippen LogP contribution in [-0.2, 0) is 13.1 Å². The Labute approximate surface area is 106 Å². The Morgan fingerprint density at radius 2 is 2.35 bits per heavy atom. The number of nitrogens with two attached hydrogens (primary N) is 1. The van der Waals surface area contributed by atoms with Gasteiger partial charge in [0.2, 0.25) is 0 Å². The highest BCUT2D eigenvalue weighted by atomic mass is 32.1. The Bertz CT molecular complexity index is 435. The first kappa shape index (κ1) is 12.1. The summed E-state index contributed by atoms with van der Waals surface area (Å²) in [6, 6.07) is 6.10. The topological polar surface area (TPSA) is 47.1 Å². The standard InChI is InChI=1S/C12H18N4S/c1-15(10-11-4-2-9-17-11)6-3-7-16-8-5-12(13)14-16/h2,4-5,8-9H,3,6-7,10H2,1H3,(H2,13,14). The van der Waals surface area contributed by atoms with Crippen LogP contribution < -0.4 is 5.73 Å². The first-order valence-corrected chi connectivity index (χ1v) is 6.62. The Morgan fingerprint density at radius 3 is 3.00 bits per heavy atom. The molecular weight excluding hydrogens is 232 g/mol. The van der Waals surface area contributed by atoms with Crippen LogP contribution in [0.1, 0.15) is 11.3 Å². The van der Waals surface area contributed by atoms with Crippen molar-refractivity contribution >= 4 is 17.2 Å². The summed E-state index contributed by atoms with van der Waals surface area (Å²) in [4.78, 5) is 3.74. The summed E-state index contributed by atoms with van der Waals surface area (Å²) in [5.41, 5.74) is 5.56. The van der Waals surface area contributed by atoms with E-state index in [0.29, 0.717) is 5.82 Å². The van der Waals surface area contributed by atoms with Gasteiger partial charge in [-0.2, -0.15) is 5.10 Å². The van der Waals surface area contributed by atoms with Crippen LogP contribution in [0.3, 0.4) is 0 Å². The number of nitrogen functional groups attached to an aromatic ring is 1. The van der Waals surface area contributed by atoms with Gasteiger partial charge in [-0.3, -0.25) is 4.68 Å². The van der Waals surface area contributed by atoms with E-state index in [4.69, 9.17) is 5.73 Å². The molecule has 0 spiro atoms. The highest BCUT2D eigenvalue weighted by Crippen LogP contribution is 2.10. The van der Waals surface area contributed by atoms with Gasteiger partial charge in [0.25, 0.3) is 0 Å². The second-order valence-corrected chi connectivity index (χ2v) is 5.21. The lowest BCUT2D eigenvalue weighted by Crippen LogP contribution is -2.19. The van der Waals surface area contributed by atoms with Crippen LogP contribution in [0.25, 0.3) is 0 Å². The number of hydrogen-bond acceptors (Lipinski definition) is 4. The van der Waals surface area contributed by atoms with Gasteiger partial charge in [-0.25, -0.2) is 0 Å². The third-order valence-corrected chi connectivity index (χ3v) is 3.46. The van der Waals surface area contributed by atoms with Crippen molar-refractivity contribution in [3.63, 3.8) is 0 Å². The van der Waals surface area contributed by atoms with Gasteiger partial charge in [-0.05, 0) is 37.5 Å². The second kappa shape index (κ2) is 5.84. The monoisotopic (exact) mass is 250 g/mol. The van der Waals surface area contributed by atoms with Crippen LogP contribution in [0.5, 0.6) is 0 Å². The van der Waals surface area contributed by atoms with Crippen LogP contribution in [-0.4, -0.2) is 28.3 Å². The molecule has 17 heavy (non-hydrogen) atoms. The summed E-state index contributed by atoms with van der Waals surface area (Å²) in [5.74, 6) is 0.594. The van der Waals surface area contributed by atoms with Crippen LogP contribution in [0.15, 0.2) is 29.8 Å². The van der Waals surface area contributed by atoms with Crippen molar-refractivity contribution in [3.05, 3.63) is 34.7 Å². The minimum atomic E-state index is 0.594. The maximum Gasteiger partial charge on any atom is 0.145 e. The lowest BCUT2D eigenvalue weighted by Gasteiger charge is -2.15. The van der Waals surface area contributed by atoms with Crippen molar-refractivity contribution in [2.45, 2.75) is 19.5 Å². The molecule has 2 aromatic heterocycles. The molecule has 0 radical (unpaired) electrons. The fraction of sp³-hybridized carbons (Fsp3) is 0.417. The highest BCUT2D eigenvalue weighted by Gasteiger charge is 2.01. The smallest absolute Gasteiger partial charge is 0.145 e. The van der Waals surface area contributed by atoms with Gasteiger partial charge >= 0.3 is 0 Å². The lowest BCUT2D eigenvalue weighted by atomic mass is 10.3. The normalized spacial score (nSPS) is 11.2. The van der Waals surface area contributed by atoms with Crippen molar-refractivity contribution in [2.75, 3.05) is 19.3 Å². The summed E-state index contributed by atoms with van der Waals surface area (Å²) in [5, 5.41) is 6.28. The molecule has 0 aliphatic rings. The average Bonchev–Trinajstić information content (AvgIpc) is 2.90. The summed E-state index contributed by atoms with van der Waals surface area (Å²) in [6.45, 7) is 3.02. The van der Waals surface area contributed by atoms with E-state index in [0.717, 1.165) is 26.1 Å². The number of aromatic nitrogens is 2. The van der Waals surface area contributed by atoms with Gasteiger partial charge in [-0.15, -0.1) is 11.3 Å². The number of hydrogen-bond donors (Lipinski definition) is 1. The molecule has 2 aromatic rings. The fourth-order valence-corrected chi connectivity index (χ4v) is 2.54. The Morgan fingerprint density at radius 1 is 1.47 bits per heavy atom. The van der Waals surface area contributed by atoms with E-state index in [1.54, 1.807) is 0 Å². The molecular formula is C12H18N4S. The number of anilines is 1. The molecule has 0 bridgehead atoms. The van der Waals surface area contributed by atoms with Crippen molar-refractivity contribution < 1.29 is 0 Å². The quantitative estimate of drug-likeness (QED) is 0.853. The molecule has 0 atom stereocenters. The molecule has 4 nitrogen and oxygen atoms in total. The number of thiophene rings is 1. The molecule has 92 valence electrons. The molecule has 0 aliphatic heterocycles. The summed E-state index contributed by atoms with van der Waals surface area (Å²) < 4.78 is 1.90. The molecule has 0 amide bonds. The third-order valence-electron chi connectivity index (χ3n) is 2.59. The second-order valence-electron chi connectivity index (χ2n) is 4.17. The minimum absolute atomic E-state index is 0.594. The van der Waals surface area contributed by atoms with E-state index >= 15 is 0 Å². The van der Waals surface area contributed by atoms with E-state index in [-0.39, 0.29) is 0 Å². The van der Waals surface area contributed by atoms with Crippen molar-refractivity contribution in [3.8, 4) is 0 Å². The molecule has 2 heterocycles. The number of rotatable bonds is 6. The molecule has 0 aromatic carbocycles. The zero-order valence-corrected chi connectivity index (χ0v) is 10.9. The van der Waals surface area contributed by atoms with Gasteiger partial charge in [0.1, 0.15) is 5.82 Å². The predicted octanol–water partition coefficient (Wildman–Crippen LogP) is 2.05. The highest BCUT2D eigenvalue weighted by molar-refractivity contribution is 7.09. The number of nitrogens with zero attached hydrogens (tertiary/aromatic N) is 3. The van der Waals surface area contributed by atoms with Crippen LogP contribution in [0, 0.1) is 0 Å². The average molecular weight is 250 g/mol. The molecule has 5 heteroatoms. The van der Waals surface area contributed by atoms with Crippen LogP contribution in [0.4, 0.5) is 5.82 Å². The Balaban J connectivity index is 1.68. The van der Waals surface area contributed by atoms with Crippen molar-refractivity contribution in [1.82, 2.24) is 14.7 Å². The molecule has 0 saturated heterocycles. The maximum absolute atomic E-state index is 5.56. The van der Waals surface area contributed by atoms with Gasteiger partial charge in [-0.1, -0.05) is 6.07 Å². The maximum atomic E-state index is 5.56. The van der Waals surface area contributed by atoms with E-state index in [9.17, 15) is 0 Å². The molecule has 0 aliphatic carbocycles. The Hall–Kier alpha value is -1.33. The molecule has 2 N–H and O–H groups in total. The molecule has 0 unspecified atom stereocenters. The zero-order valence-electron chi connectivity index (χ0n) is 10.0. The largest absolute Gasteiger partial charge is 0.382 e. The van der Waals surface area contributed by atoms with Crippen molar-refractivity contribution in [1.29, 1.82) is 0 Å². The van der Waals surface area contributed by atoms with Gasteiger partial charge in [0, 0.05) is 24.2 Å². The zero-order chi connectivity index (χ0) is 12.1. The van der Waals surface area contributed by atoms with Gasteiger partial charge in [0.05, 0.1) is 0 Å². The third kappa shape index (κ3) is 3.87. The first-order valence-electron chi connectivity index (χ1n) is 5.74. The molecule has 0 fully saturated rings. The van der Waals surface area contributed by atoms with Gasteiger partial charge in [0.15, 0.2) is 0 Å². The minimum Gasteiger partial charge on any atom is -0.382 e. The van der Waals surface area contributed by atoms with Crippen LogP contribution in [0.2, 0.25) is 0 Å². The van der Waals surface area contributed by atoms with Crippen LogP contribution >= 0.6 is 11.3 Å². The Kier molecular flexibility index (Phi) is 4.17. The van der Waals surface area contributed by atoms with Crippen molar-refractivity contribution in [2.24, 2.45) is 0 Å². The van der Waals surface area contributed by atoms with E-state index < -0.39 is 0 Å². The number of aryl methyl sites for hydroxylation is 1. The summed E-state index contributed by atoms with van der Waals surface area (Å²) in [6.07, 6.45) is 3.01.